The Balaban J connectivity index is 2.18. The average Bonchev–Trinajstić information content (AvgIpc) is 2.30. The van der Waals surface area contributed by atoms with E-state index in [1.54, 1.807) is 0 Å². The van der Waals surface area contributed by atoms with Gasteiger partial charge in [-0.05, 0) is 65.8 Å². The van der Waals surface area contributed by atoms with E-state index >= 15 is 0 Å². The van der Waals surface area contributed by atoms with Crippen molar-refractivity contribution in [3.8, 4) is 0 Å². The van der Waals surface area contributed by atoms with E-state index in [-0.39, 0.29) is 6.61 Å². The summed E-state index contributed by atoms with van der Waals surface area (Å²) in [5.41, 5.74) is 5.50. The van der Waals surface area contributed by atoms with Crippen LogP contribution in [0.2, 0.25) is 0 Å². The zero-order valence-electron chi connectivity index (χ0n) is 11.7. The SMILES string of the molecule is CN1CCC(CN(C)CCC(C)(N)CO)CC1. The molecule has 1 aliphatic heterocycles. The molecule has 1 aliphatic rings. The molecule has 0 aliphatic carbocycles. The van der Waals surface area contributed by atoms with Crippen molar-refractivity contribution in [2.24, 2.45) is 11.7 Å². The van der Waals surface area contributed by atoms with Crippen LogP contribution in [0.15, 0.2) is 0 Å². The fraction of sp³-hybridized carbons (Fsp3) is 1.00. The maximum atomic E-state index is 9.11. The minimum Gasteiger partial charge on any atom is -0.394 e. The minimum absolute atomic E-state index is 0.0645. The average molecular weight is 243 g/mol. The summed E-state index contributed by atoms with van der Waals surface area (Å²) in [7, 11) is 4.35. The molecule has 1 saturated heterocycles. The van der Waals surface area contributed by atoms with Gasteiger partial charge in [0.1, 0.15) is 0 Å². The number of aliphatic hydroxyl groups excluding tert-OH is 1. The van der Waals surface area contributed by atoms with Gasteiger partial charge in [0.15, 0.2) is 0 Å². The molecule has 0 aromatic rings. The van der Waals surface area contributed by atoms with Crippen LogP contribution in [0, 0.1) is 5.92 Å². The first-order valence-electron chi connectivity index (χ1n) is 6.70. The first-order valence-corrected chi connectivity index (χ1v) is 6.70. The smallest absolute Gasteiger partial charge is 0.0608 e. The molecule has 0 aromatic heterocycles. The van der Waals surface area contributed by atoms with Crippen LogP contribution in [-0.2, 0) is 0 Å². The highest BCUT2D eigenvalue weighted by atomic mass is 16.3. The van der Waals surface area contributed by atoms with Crippen molar-refractivity contribution in [1.29, 1.82) is 0 Å². The maximum Gasteiger partial charge on any atom is 0.0608 e. The number of nitrogens with two attached hydrogens (primary N) is 1. The highest BCUT2D eigenvalue weighted by Gasteiger charge is 2.20. The lowest BCUT2D eigenvalue weighted by Gasteiger charge is -2.32. The third-order valence-electron chi connectivity index (χ3n) is 3.83. The molecule has 0 amide bonds. The number of aliphatic hydroxyl groups is 1. The summed E-state index contributed by atoms with van der Waals surface area (Å²) in [6.07, 6.45) is 3.47. The van der Waals surface area contributed by atoms with E-state index in [2.05, 4.69) is 23.9 Å². The number of nitrogens with zero attached hydrogens (tertiary/aromatic N) is 2. The Bertz CT molecular complexity index is 213. The van der Waals surface area contributed by atoms with Gasteiger partial charge in [0.05, 0.1) is 6.61 Å². The highest BCUT2D eigenvalue weighted by molar-refractivity contribution is 4.79. The first kappa shape index (κ1) is 14.9. The van der Waals surface area contributed by atoms with Gasteiger partial charge in [-0.2, -0.15) is 0 Å². The monoisotopic (exact) mass is 243 g/mol. The third-order valence-corrected chi connectivity index (χ3v) is 3.83. The van der Waals surface area contributed by atoms with Gasteiger partial charge in [-0.15, -0.1) is 0 Å². The minimum atomic E-state index is -0.430. The lowest BCUT2D eigenvalue weighted by Crippen LogP contribution is -2.44. The standard InChI is InChI=1S/C13H29N3O/c1-13(14,11-17)6-9-16(3)10-12-4-7-15(2)8-5-12/h12,17H,4-11,14H2,1-3H3. The quantitative estimate of drug-likeness (QED) is 0.707. The Morgan fingerprint density at radius 1 is 1.41 bits per heavy atom. The van der Waals surface area contributed by atoms with Crippen LogP contribution in [0.4, 0.5) is 0 Å². The summed E-state index contributed by atoms with van der Waals surface area (Å²) >= 11 is 0. The summed E-state index contributed by atoms with van der Waals surface area (Å²) in [4.78, 5) is 4.76. The van der Waals surface area contributed by atoms with Crippen LogP contribution >= 0.6 is 0 Å². The predicted molar refractivity (Wildman–Crippen MR) is 72.0 cm³/mol. The fourth-order valence-electron chi connectivity index (χ4n) is 2.30. The van der Waals surface area contributed by atoms with Gasteiger partial charge in [-0.25, -0.2) is 0 Å². The van der Waals surface area contributed by atoms with Crippen LogP contribution in [-0.4, -0.2) is 67.3 Å². The number of likely N-dealkylation sites (tertiary alicyclic amines) is 1. The van der Waals surface area contributed by atoms with E-state index < -0.39 is 5.54 Å². The molecule has 4 nitrogen and oxygen atoms in total. The van der Waals surface area contributed by atoms with E-state index in [1.165, 1.54) is 25.9 Å². The second-order valence-corrected chi connectivity index (χ2v) is 6.07. The van der Waals surface area contributed by atoms with Gasteiger partial charge >= 0.3 is 0 Å². The van der Waals surface area contributed by atoms with Crippen LogP contribution in [0.1, 0.15) is 26.2 Å². The van der Waals surface area contributed by atoms with Gasteiger partial charge < -0.3 is 20.6 Å². The second kappa shape index (κ2) is 6.69. The Hall–Kier alpha value is -0.160. The Labute approximate surface area is 106 Å². The molecule has 0 radical (unpaired) electrons. The molecular formula is C13H29N3O. The molecule has 102 valence electrons. The molecule has 0 spiro atoms. The Kier molecular flexibility index (Phi) is 5.86. The van der Waals surface area contributed by atoms with Crippen LogP contribution < -0.4 is 5.73 Å². The zero-order valence-corrected chi connectivity index (χ0v) is 11.7. The normalized spacial score (nSPS) is 22.9. The summed E-state index contributed by atoms with van der Waals surface area (Å²) < 4.78 is 0. The van der Waals surface area contributed by atoms with E-state index in [1.807, 2.05) is 6.92 Å². The molecule has 4 heteroatoms. The van der Waals surface area contributed by atoms with Crippen LogP contribution in [0.5, 0.6) is 0 Å². The first-order chi connectivity index (χ1) is 7.93. The van der Waals surface area contributed by atoms with Gasteiger partial charge in [0, 0.05) is 12.1 Å². The lowest BCUT2D eigenvalue weighted by atomic mass is 9.96. The molecule has 1 unspecified atom stereocenters. The number of rotatable bonds is 6. The van der Waals surface area contributed by atoms with Crippen LogP contribution in [0.25, 0.3) is 0 Å². The molecule has 1 fully saturated rings. The second-order valence-electron chi connectivity index (χ2n) is 6.07. The maximum absolute atomic E-state index is 9.11. The molecule has 0 aromatic carbocycles. The van der Waals surface area contributed by atoms with E-state index in [0.29, 0.717) is 0 Å². The van der Waals surface area contributed by atoms with Crippen molar-refractivity contribution < 1.29 is 5.11 Å². The van der Waals surface area contributed by atoms with Crippen molar-refractivity contribution in [3.05, 3.63) is 0 Å². The van der Waals surface area contributed by atoms with Crippen molar-refractivity contribution in [1.82, 2.24) is 9.80 Å². The highest BCUT2D eigenvalue weighted by Crippen LogP contribution is 2.17. The summed E-state index contributed by atoms with van der Waals surface area (Å²) in [5, 5.41) is 9.11. The van der Waals surface area contributed by atoms with Gasteiger partial charge in [0.25, 0.3) is 0 Å². The van der Waals surface area contributed by atoms with Gasteiger partial charge in [0.2, 0.25) is 0 Å². The molecule has 17 heavy (non-hydrogen) atoms. The molecular weight excluding hydrogens is 214 g/mol. The predicted octanol–water partition coefficient (Wildman–Crippen LogP) is 0.360. The fourth-order valence-corrected chi connectivity index (χ4v) is 2.30. The van der Waals surface area contributed by atoms with Crippen molar-refractivity contribution in [2.75, 3.05) is 46.9 Å². The summed E-state index contributed by atoms with van der Waals surface area (Å²) in [6.45, 7) is 6.56. The van der Waals surface area contributed by atoms with Crippen molar-refractivity contribution >= 4 is 0 Å². The van der Waals surface area contributed by atoms with Crippen LogP contribution in [0.3, 0.4) is 0 Å². The molecule has 3 N–H and O–H groups in total. The van der Waals surface area contributed by atoms with Gasteiger partial charge in [-0.3, -0.25) is 0 Å². The van der Waals surface area contributed by atoms with Crippen molar-refractivity contribution in [3.63, 3.8) is 0 Å². The van der Waals surface area contributed by atoms with Gasteiger partial charge in [-0.1, -0.05) is 0 Å². The van der Waals surface area contributed by atoms with E-state index in [9.17, 15) is 0 Å². The third kappa shape index (κ3) is 5.82. The number of piperidine rings is 1. The van der Waals surface area contributed by atoms with Crippen molar-refractivity contribution in [2.45, 2.75) is 31.7 Å². The molecule has 1 atom stereocenters. The number of hydrogen-bond donors (Lipinski definition) is 2. The summed E-state index contributed by atoms with van der Waals surface area (Å²) in [5.74, 6) is 0.828. The molecule has 1 rings (SSSR count). The molecule has 0 saturated carbocycles. The molecule has 0 bridgehead atoms. The number of hydrogen-bond acceptors (Lipinski definition) is 4. The lowest BCUT2D eigenvalue weighted by molar-refractivity contribution is 0.155. The molecule has 1 heterocycles. The largest absolute Gasteiger partial charge is 0.394 e. The van der Waals surface area contributed by atoms with E-state index in [0.717, 1.165) is 25.4 Å². The Morgan fingerprint density at radius 3 is 2.53 bits per heavy atom. The zero-order chi connectivity index (χ0) is 12.9. The van der Waals surface area contributed by atoms with E-state index in [4.69, 9.17) is 10.8 Å². The Morgan fingerprint density at radius 2 is 2.00 bits per heavy atom. The topological polar surface area (TPSA) is 52.7 Å². The summed E-state index contributed by atoms with van der Waals surface area (Å²) in [6, 6.07) is 0.